The van der Waals surface area contributed by atoms with E-state index in [2.05, 4.69) is 5.32 Å². The fourth-order valence-corrected chi connectivity index (χ4v) is 5.90. The topological polar surface area (TPSA) is 120 Å². The molecular formula is C32H38N6O5. The summed E-state index contributed by atoms with van der Waals surface area (Å²) in [5.41, 5.74) is 3.13. The van der Waals surface area contributed by atoms with Gasteiger partial charge in [-0.15, -0.1) is 0 Å². The van der Waals surface area contributed by atoms with E-state index in [0.29, 0.717) is 12.2 Å². The fraction of sp³-hybridized carbons (Fsp3) is 0.344. The second kappa shape index (κ2) is 12.2. The van der Waals surface area contributed by atoms with Gasteiger partial charge in [0.2, 0.25) is 11.8 Å². The smallest absolute Gasteiger partial charge is 0.334 e. The number of rotatable bonds is 7. The molecule has 3 aromatic rings. The molecule has 2 heterocycles. The van der Waals surface area contributed by atoms with Crippen LogP contribution in [0.15, 0.2) is 72.8 Å². The highest BCUT2D eigenvalue weighted by Gasteiger charge is 2.54. The summed E-state index contributed by atoms with van der Waals surface area (Å²) in [7, 11) is 5.35. The number of carbonyl (C=O) groups excluding carboxylic acids is 3. The highest BCUT2D eigenvalue weighted by Crippen LogP contribution is 2.34. The van der Waals surface area contributed by atoms with E-state index in [-0.39, 0.29) is 48.9 Å². The molecule has 226 valence electrons. The molecule has 0 radical (unpaired) electrons. The Morgan fingerprint density at radius 2 is 1.63 bits per heavy atom. The summed E-state index contributed by atoms with van der Waals surface area (Å²) in [6.45, 7) is 2.31. The van der Waals surface area contributed by atoms with Crippen LogP contribution in [-0.4, -0.2) is 93.8 Å². The Labute approximate surface area is 251 Å². The third-order valence-electron chi connectivity index (χ3n) is 8.12. The van der Waals surface area contributed by atoms with Gasteiger partial charge in [-0.25, -0.2) is 14.8 Å². The van der Waals surface area contributed by atoms with E-state index in [4.69, 9.17) is 0 Å². The Balaban J connectivity index is 1.51. The molecule has 4 amide bonds. The summed E-state index contributed by atoms with van der Waals surface area (Å²) in [6.07, 6.45) is -0.556. The number of urea groups is 1. The molecule has 11 heteroatoms. The summed E-state index contributed by atoms with van der Waals surface area (Å²) in [5, 5.41) is 26.3. The zero-order valence-corrected chi connectivity index (χ0v) is 24.8. The number of piperazine rings is 1. The second-order valence-electron chi connectivity index (χ2n) is 11.3. The van der Waals surface area contributed by atoms with Crippen LogP contribution in [0.1, 0.15) is 23.6 Å². The molecule has 2 saturated heterocycles. The lowest BCUT2D eigenvalue weighted by Gasteiger charge is -2.57. The van der Waals surface area contributed by atoms with Gasteiger partial charge in [-0.3, -0.25) is 9.59 Å². The first-order chi connectivity index (χ1) is 20.5. The number of benzene rings is 3. The molecule has 0 aliphatic carbocycles. The lowest BCUT2D eigenvalue weighted by atomic mass is 9.94. The lowest BCUT2D eigenvalue weighted by molar-refractivity contribution is -0.196. The first-order valence-electron chi connectivity index (χ1n) is 14.3. The standard InChI is InChI=1S/C32H38N6O5/c1-21-30-37(29(41)20-35(4)38(30)32(43)33-18-23-8-6-5-7-9-23)27(16-22-10-13-25(39)14-11-22)31(42)36(21)19-24-12-15-28(40)26(17-24)34(2)3/h5-15,17,21,27,30,39-40H,16,18-20H2,1-4H3,(H,33,43)/t21-,27-,30-/m0/s1. The van der Waals surface area contributed by atoms with E-state index >= 15 is 0 Å². The predicted octanol–water partition coefficient (Wildman–Crippen LogP) is 2.73. The minimum Gasteiger partial charge on any atom is -0.508 e. The molecule has 0 bridgehead atoms. The molecule has 0 aromatic heterocycles. The van der Waals surface area contributed by atoms with Crippen molar-refractivity contribution in [2.45, 2.75) is 44.7 Å². The van der Waals surface area contributed by atoms with Crippen molar-refractivity contribution < 1.29 is 24.6 Å². The number of anilines is 1. The van der Waals surface area contributed by atoms with Crippen molar-refractivity contribution in [1.29, 1.82) is 0 Å². The third kappa shape index (κ3) is 6.07. The van der Waals surface area contributed by atoms with Gasteiger partial charge in [-0.1, -0.05) is 48.5 Å². The molecule has 2 aliphatic rings. The predicted molar refractivity (Wildman–Crippen MR) is 162 cm³/mol. The molecule has 5 rings (SSSR count). The molecular weight excluding hydrogens is 548 g/mol. The number of phenolic OH excluding ortho intramolecular Hbond substituents is 2. The monoisotopic (exact) mass is 586 g/mol. The van der Waals surface area contributed by atoms with Crippen LogP contribution in [0.4, 0.5) is 10.5 Å². The molecule has 43 heavy (non-hydrogen) atoms. The van der Waals surface area contributed by atoms with Crippen LogP contribution < -0.4 is 10.2 Å². The fourth-order valence-electron chi connectivity index (χ4n) is 5.90. The van der Waals surface area contributed by atoms with Crippen molar-refractivity contribution in [1.82, 2.24) is 25.1 Å². The van der Waals surface area contributed by atoms with E-state index in [0.717, 1.165) is 16.7 Å². The maximum Gasteiger partial charge on any atom is 0.334 e. The maximum atomic E-state index is 14.3. The van der Waals surface area contributed by atoms with Crippen molar-refractivity contribution in [3.63, 3.8) is 0 Å². The molecule has 0 spiro atoms. The van der Waals surface area contributed by atoms with Crippen molar-refractivity contribution >= 4 is 23.5 Å². The molecule has 2 fully saturated rings. The number of fused-ring (bicyclic) bond motifs is 1. The SMILES string of the molecule is C[C@H]1[C@H]2N(C(=O)CN(C)N2C(=O)NCc2ccccc2)[C@@H](Cc2ccc(O)cc2)C(=O)N1Cc1ccc(O)c(N(C)C)c1. The average molecular weight is 587 g/mol. The number of carbonyl (C=O) groups is 3. The number of amides is 4. The van der Waals surface area contributed by atoms with Crippen LogP contribution in [0.2, 0.25) is 0 Å². The van der Waals surface area contributed by atoms with Crippen molar-refractivity contribution in [3.05, 3.63) is 89.5 Å². The van der Waals surface area contributed by atoms with Crippen LogP contribution in [0, 0.1) is 0 Å². The number of phenols is 2. The molecule has 0 saturated carbocycles. The minimum atomic E-state index is -0.873. The summed E-state index contributed by atoms with van der Waals surface area (Å²) >= 11 is 0. The first-order valence-corrected chi connectivity index (χ1v) is 14.3. The average Bonchev–Trinajstić information content (AvgIpc) is 2.98. The van der Waals surface area contributed by atoms with Gasteiger partial charge in [0.25, 0.3) is 0 Å². The van der Waals surface area contributed by atoms with E-state index in [1.54, 1.807) is 68.2 Å². The van der Waals surface area contributed by atoms with E-state index in [1.807, 2.05) is 57.4 Å². The molecule has 0 unspecified atom stereocenters. The van der Waals surface area contributed by atoms with Crippen LogP contribution in [0.25, 0.3) is 0 Å². The van der Waals surface area contributed by atoms with Crippen molar-refractivity contribution in [3.8, 4) is 11.5 Å². The second-order valence-corrected chi connectivity index (χ2v) is 11.3. The van der Waals surface area contributed by atoms with Gasteiger partial charge >= 0.3 is 6.03 Å². The van der Waals surface area contributed by atoms with Crippen LogP contribution >= 0.6 is 0 Å². The highest BCUT2D eigenvalue weighted by molar-refractivity contribution is 5.92. The summed E-state index contributed by atoms with van der Waals surface area (Å²) in [5.74, 6) is -0.252. The number of likely N-dealkylation sites (N-methyl/N-ethyl adjacent to an activating group) is 1. The van der Waals surface area contributed by atoms with Gasteiger partial charge in [-0.05, 0) is 47.9 Å². The Hall–Kier alpha value is -4.77. The molecule has 2 aliphatic heterocycles. The van der Waals surface area contributed by atoms with Crippen LogP contribution in [0.3, 0.4) is 0 Å². The van der Waals surface area contributed by atoms with Crippen molar-refractivity contribution in [2.75, 3.05) is 32.6 Å². The summed E-state index contributed by atoms with van der Waals surface area (Å²) < 4.78 is 0. The van der Waals surface area contributed by atoms with Gasteiger partial charge in [-0.2, -0.15) is 0 Å². The minimum absolute atomic E-state index is 0.0640. The Bertz CT molecular complexity index is 1480. The van der Waals surface area contributed by atoms with Crippen molar-refractivity contribution in [2.24, 2.45) is 0 Å². The summed E-state index contributed by atoms with van der Waals surface area (Å²) in [4.78, 5) is 46.7. The molecule has 11 nitrogen and oxygen atoms in total. The third-order valence-corrected chi connectivity index (χ3v) is 8.12. The molecule has 3 N–H and O–H groups in total. The van der Waals surface area contributed by atoms with Gasteiger partial charge in [0, 0.05) is 40.7 Å². The Morgan fingerprint density at radius 1 is 0.953 bits per heavy atom. The maximum absolute atomic E-state index is 14.3. The number of nitrogens with zero attached hydrogens (tertiary/aromatic N) is 5. The zero-order chi connectivity index (χ0) is 30.8. The number of nitrogens with one attached hydrogen (secondary N) is 1. The number of hydrogen-bond acceptors (Lipinski definition) is 7. The first kappa shape index (κ1) is 29.7. The van der Waals surface area contributed by atoms with Gasteiger partial charge in [0.05, 0.1) is 18.3 Å². The highest BCUT2D eigenvalue weighted by atomic mass is 16.3. The van der Waals surface area contributed by atoms with Crippen LogP contribution in [0.5, 0.6) is 11.5 Å². The largest absolute Gasteiger partial charge is 0.508 e. The van der Waals surface area contributed by atoms with Gasteiger partial charge in [0.1, 0.15) is 23.7 Å². The Morgan fingerprint density at radius 3 is 2.30 bits per heavy atom. The van der Waals surface area contributed by atoms with E-state index < -0.39 is 18.2 Å². The van der Waals surface area contributed by atoms with Gasteiger partial charge in [0.15, 0.2) is 0 Å². The quantitative estimate of drug-likeness (QED) is 0.390. The molecule has 3 atom stereocenters. The number of hydrazine groups is 1. The van der Waals surface area contributed by atoms with Crippen LogP contribution in [-0.2, 0) is 29.1 Å². The molecule has 3 aromatic carbocycles. The number of aromatic hydroxyl groups is 2. The summed E-state index contributed by atoms with van der Waals surface area (Å²) in [6, 6.07) is 19.5. The normalized spacial score (nSPS) is 20.7. The number of hydrogen-bond donors (Lipinski definition) is 3. The Kier molecular flexibility index (Phi) is 8.45. The lowest BCUT2D eigenvalue weighted by Crippen LogP contribution is -2.78. The van der Waals surface area contributed by atoms with E-state index in [9.17, 15) is 24.6 Å². The zero-order valence-electron chi connectivity index (χ0n) is 24.8. The van der Waals surface area contributed by atoms with E-state index in [1.165, 1.54) is 0 Å². The van der Waals surface area contributed by atoms with Gasteiger partial charge < -0.3 is 30.2 Å².